The number of nitrogens with one attached hydrogen (secondary N) is 1. The van der Waals surface area contributed by atoms with Crippen molar-refractivity contribution in [2.24, 2.45) is 5.41 Å². The maximum Gasteiger partial charge on any atom is 0.123 e. The second kappa shape index (κ2) is 4.93. The van der Waals surface area contributed by atoms with Gasteiger partial charge in [-0.25, -0.2) is 0 Å². The van der Waals surface area contributed by atoms with Gasteiger partial charge in [0.1, 0.15) is 11.9 Å². The number of para-hydroxylation sites is 1. The molecule has 1 aromatic rings. The van der Waals surface area contributed by atoms with E-state index < -0.39 is 0 Å². The lowest BCUT2D eigenvalue weighted by Crippen LogP contribution is -2.29. The van der Waals surface area contributed by atoms with Gasteiger partial charge in [-0.2, -0.15) is 0 Å². The zero-order valence-corrected chi connectivity index (χ0v) is 11.2. The third kappa shape index (κ3) is 2.54. The van der Waals surface area contributed by atoms with Crippen LogP contribution in [0.4, 0.5) is 0 Å². The van der Waals surface area contributed by atoms with Crippen LogP contribution < -0.4 is 10.1 Å². The van der Waals surface area contributed by atoms with Gasteiger partial charge >= 0.3 is 0 Å². The number of fused-ring (bicyclic) bond motifs is 1. The molecule has 1 aliphatic carbocycles. The molecule has 2 aliphatic rings. The van der Waals surface area contributed by atoms with E-state index in [0.29, 0.717) is 11.5 Å². The lowest BCUT2D eigenvalue weighted by molar-refractivity contribution is 0.184. The molecule has 1 aromatic carbocycles. The monoisotopic (exact) mass is 245 g/mol. The van der Waals surface area contributed by atoms with Gasteiger partial charge in [0.2, 0.25) is 0 Å². The van der Waals surface area contributed by atoms with Gasteiger partial charge in [-0.1, -0.05) is 25.1 Å². The molecule has 98 valence electrons. The first-order chi connectivity index (χ1) is 8.81. The quantitative estimate of drug-likeness (QED) is 0.777. The third-order valence-electron chi connectivity index (χ3n) is 4.26. The summed E-state index contributed by atoms with van der Waals surface area (Å²) in [6.45, 7) is 4.55. The maximum atomic E-state index is 6.06. The fourth-order valence-corrected chi connectivity index (χ4v) is 3.01. The first kappa shape index (κ1) is 12.0. The summed E-state index contributed by atoms with van der Waals surface area (Å²) >= 11 is 0. The van der Waals surface area contributed by atoms with Crippen LogP contribution in [0.15, 0.2) is 24.3 Å². The fourth-order valence-electron chi connectivity index (χ4n) is 3.01. The molecule has 0 saturated heterocycles. The Balaban J connectivity index is 1.53. The number of ether oxygens (including phenoxy) is 1. The molecule has 0 bridgehead atoms. The van der Waals surface area contributed by atoms with Crippen molar-refractivity contribution in [3.63, 3.8) is 0 Å². The van der Waals surface area contributed by atoms with Gasteiger partial charge in [0.05, 0.1) is 0 Å². The summed E-state index contributed by atoms with van der Waals surface area (Å²) in [6.07, 6.45) is 6.71. The van der Waals surface area contributed by atoms with Crippen LogP contribution in [-0.4, -0.2) is 19.2 Å². The fraction of sp³-hybridized carbons (Fsp3) is 0.625. The van der Waals surface area contributed by atoms with E-state index in [4.69, 9.17) is 4.74 Å². The summed E-state index contributed by atoms with van der Waals surface area (Å²) in [5.41, 5.74) is 1.93. The van der Waals surface area contributed by atoms with Crippen molar-refractivity contribution >= 4 is 0 Å². The van der Waals surface area contributed by atoms with Gasteiger partial charge < -0.3 is 10.1 Å². The molecule has 1 atom stereocenters. The Labute approximate surface area is 110 Å². The summed E-state index contributed by atoms with van der Waals surface area (Å²) in [7, 11) is 0. The highest BCUT2D eigenvalue weighted by Crippen LogP contribution is 2.50. The topological polar surface area (TPSA) is 21.3 Å². The average molecular weight is 245 g/mol. The highest BCUT2D eigenvalue weighted by molar-refractivity contribution is 5.37. The van der Waals surface area contributed by atoms with Crippen molar-refractivity contribution in [1.29, 1.82) is 0 Å². The van der Waals surface area contributed by atoms with Crippen molar-refractivity contribution < 1.29 is 4.74 Å². The predicted octanol–water partition coefficient (Wildman–Crippen LogP) is 3.16. The maximum absolute atomic E-state index is 6.06. The van der Waals surface area contributed by atoms with Gasteiger partial charge in [0.15, 0.2) is 0 Å². The van der Waals surface area contributed by atoms with Crippen LogP contribution in [0.25, 0.3) is 0 Å². The first-order valence-corrected chi connectivity index (χ1v) is 7.27. The van der Waals surface area contributed by atoms with Crippen LogP contribution in [0.5, 0.6) is 5.75 Å². The van der Waals surface area contributed by atoms with Crippen LogP contribution in [0, 0.1) is 5.41 Å². The van der Waals surface area contributed by atoms with Crippen LogP contribution >= 0.6 is 0 Å². The molecule has 0 amide bonds. The van der Waals surface area contributed by atoms with E-state index in [1.165, 1.54) is 37.8 Å². The van der Waals surface area contributed by atoms with Crippen molar-refractivity contribution in [1.82, 2.24) is 5.32 Å². The third-order valence-corrected chi connectivity index (χ3v) is 4.26. The smallest absolute Gasteiger partial charge is 0.123 e. The molecular weight excluding hydrogens is 222 g/mol. The average Bonchev–Trinajstić information content (AvgIpc) is 3.00. The Morgan fingerprint density at radius 2 is 2.17 bits per heavy atom. The lowest BCUT2D eigenvalue weighted by Gasteiger charge is -2.20. The summed E-state index contributed by atoms with van der Waals surface area (Å²) in [5, 5.41) is 3.58. The summed E-state index contributed by atoms with van der Waals surface area (Å²) in [5.74, 6) is 1.11. The molecule has 1 N–H and O–H groups in total. The highest BCUT2D eigenvalue weighted by atomic mass is 16.5. The molecule has 1 saturated carbocycles. The first-order valence-electron chi connectivity index (χ1n) is 7.27. The van der Waals surface area contributed by atoms with Gasteiger partial charge in [-0.15, -0.1) is 0 Å². The minimum absolute atomic E-state index is 0.410. The van der Waals surface area contributed by atoms with Gasteiger partial charge in [-0.3, -0.25) is 0 Å². The van der Waals surface area contributed by atoms with E-state index in [9.17, 15) is 0 Å². The SMILES string of the molecule is CCCNCC1(CC2Cc3ccccc3O2)CC1. The normalized spacial score (nSPS) is 23.5. The summed E-state index contributed by atoms with van der Waals surface area (Å²) in [6, 6.07) is 8.48. The molecule has 0 spiro atoms. The predicted molar refractivity (Wildman–Crippen MR) is 74.0 cm³/mol. The minimum atomic E-state index is 0.410. The molecule has 3 rings (SSSR count). The number of hydrogen-bond acceptors (Lipinski definition) is 2. The van der Waals surface area contributed by atoms with Crippen molar-refractivity contribution in [3.8, 4) is 5.75 Å². The van der Waals surface area contributed by atoms with E-state index in [0.717, 1.165) is 18.7 Å². The highest BCUT2D eigenvalue weighted by Gasteiger charge is 2.45. The molecule has 1 heterocycles. The van der Waals surface area contributed by atoms with E-state index in [1.807, 2.05) is 0 Å². The molecule has 1 aliphatic heterocycles. The van der Waals surface area contributed by atoms with Gasteiger partial charge in [0.25, 0.3) is 0 Å². The van der Waals surface area contributed by atoms with Crippen LogP contribution in [0.2, 0.25) is 0 Å². The Morgan fingerprint density at radius 1 is 1.33 bits per heavy atom. The summed E-state index contributed by atoms with van der Waals surface area (Å²) in [4.78, 5) is 0. The zero-order chi connectivity index (χ0) is 12.4. The van der Waals surface area contributed by atoms with E-state index in [2.05, 4.69) is 36.5 Å². The van der Waals surface area contributed by atoms with Crippen molar-refractivity contribution in [2.75, 3.05) is 13.1 Å². The van der Waals surface area contributed by atoms with E-state index in [1.54, 1.807) is 0 Å². The lowest BCUT2D eigenvalue weighted by atomic mass is 9.95. The molecule has 1 unspecified atom stereocenters. The number of benzene rings is 1. The Morgan fingerprint density at radius 3 is 2.89 bits per heavy atom. The molecular formula is C16H23NO. The Bertz CT molecular complexity index is 386. The molecule has 2 nitrogen and oxygen atoms in total. The Kier molecular flexibility index (Phi) is 3.29. The molecule has 2 heteroatoms. The standard InChI is InChI=1S/C16H23NO/c1-2-9-17-12-16(7-8-16)11-14-10-13-5-3-4-6-15(13)18-14/h3-6,14,17H,2,7-12H2,1H3. The van der Waals surface area contributed by atoms with Crippen LogP contribution in [-0.2, 0) is 6.42 Å². The largest absolute Gasteiger partial charge is 0.490 e. The molecule has 18 heavy (non-hydrogen) atoms. The van der Waals surface area contributed by atoms with Crippen LogP contribution in [0.3, 0.4) is 0 Å². The van der Waals surface area contributed by atoms with E-state index in [-0.39, 0.29) is 0 Å². The second-order valence-electron chi connectivity index (χ2n) is 5.93. The van der Waals surface area contributed by atoms with Gasteiger partial charge in [0, 0.05) is 13.0 Å². The number of hydrogen-bond donors (Lipinski definition) is 1. The molecule has 0 aromatic heterocycles. The van der Waals surface area contributed by atoms with Crippen molar-refractivity contribution in [2.45, 2.75) is 45.1 Å². The second-order valence-corrected chi connectivity index (χ2v) is 5.93. The zero-order valence-electron chi connectivity index (χ0n) is 11.2. The van der Waals surface area contributed by atoms with Gasteiger partial charge in [-0.05, 0) is 49.3 Å². The summed E-state index contributed by atoms with van der Waals surface area (Å²) < 4.78 is 6.06. The van der Waals surface area contributed by atoms with Crippen molar-refractivity contribution in [3.05, 3.63) is 29.8 Å². The van der Waals surface area contributed by atoms with E-state index >= 15 is 0 Å². The minimum Gasteiger partial charge on any atom is -0.490 e. The number of rotatable bonds is 6. The molecule has 1 fully saturated rings. The molecule has 0 radical (unpaired) electrons. The van der Waals surface area contributed by atoms with Crippen LogP contribution in [0.1, 0.15) is 38.2 Å². The Hall–Kier alpha value is -1.02.